The van der Waals surface area contributed by atoms with Gasteiger partial charge in [-0.1, -0.05) is 17.3 Å². The van der Waals surface area contributed by atoms with Crippen LogP contribution in [0, 0.1) is 0 Å². The zero-order chi connectivity index (χ0) is 22.3. The topological polar surface area (TPSA) is 127 Å². The summed E-state index contributed by atoms with van der Waals surface area (Å²) in [7, 11) is 0. The van der Waals surface area contributed by atoms with E-state index in [9.17, 15) is 27.9 Å². The quantitative estimate of drug-likeness (QED) is 0.485. The maximum atomic E-state index is 12.5. The number of amides is 1. The molecule has 30 heavy (non-hydrogen) atoms. The Balaban J connectivity index is 1.98. The molecule has 0 spiro atoms. The molecule has 0 saturated heterocycles. The van der Waals surface area contributed by atoms with E-state index in [1.807, 2.05) is 0 Å². The van der Waals surface area contributed by atoms with E-state index >= 15 is 0 Å². The average molecular weight is 428 g/mol. The molecule has 9 nitrogen and oxygen atoms in total. The van der Waals surface area contributed by atoms with Crippen molar-refractivity contribution in [3.63, 3.8) is 0 Å². The first kappa shape index (κ1) is 23.0. The maximum Gasteiger partial charge on any atom is 0.471 e. The number of carbonyl (C=O) groups excluding carboxylic acids is 2. The molecule has 0 aliphatic heterocycles. The lowest BCUT2D eigenvalue weighted by molar-refractivity contribution is -0.159. The number of aromatic nitrogens is 2. The van der Waals surface area contributed by atoms with Gasteiger partial charge in [0.25, 0.3) is 5.91 Å². The smallest absolute Gasteiger partial charge is 0.464 e. The van der Waals surface area contributed by atoms with E-state index in [1.54, 1.807) is 13.8 Å². The molecule has 1 aromatic carbocycles. The number of alkyl halides is 3. The van der Waals surface area contributed by atoms with E-state index in [0.717, 1.165) is 0 Å². The highest BCUT2D eigenvalue weighted by Crippen LogP contribution is 2.29. The van der Waals surface area contributed by atoms with Crippen LogP contribution in [0.25, 0.3) is 11.4 Å². The molecule has 12 heteroatoms. The summed E-state index contributed by atoms with van der Waals surface area (Å²) >= 11 is 0. The van der Waals surface area contributed by atoms with E-state index in [-0.39, 0.29) is 30.1 Å². The van der Waals surface area contributed by atoms with Crippen molar-refractivity contribution in [2.24, 2.45) is 4.99 Å². The number of aliphatic imine (C=N–C) groups is 1. The first-order chi connectivity index (χ1) is 14.2. The summed E-state index contributed by atoms with van der Waals surface area (Å²) in [5.74, 6) is -2.86. The highest BCUT2D eigenvalue weighted by atomic mass is 19.4. The van der Waals surface area contributed by atoms with Crippen LogP contribution in [0.4, 0.5) is 13.2 Å². The van der Waals surface area contributed by atoms with Gasteiger partial charge in [-0.25, -0.2) is 4.79 Å². The number of hydrogen-bond donors (Lipinski definition) is 2. The summed E-state index contributed by atoms with van der Waals surface area (Å²) in [4.78, 5) is 31.1. The van der Waals surface area contributed by atoms with Crippen LogP contribution in [0.2, 0.25) is 0 Å². The van der Waals surface area contributed by atoms with Gasteiger partial charge < -0.3 is 19.7 Å². The molecule has 0 bridgehead atoms. The van der Waals surface area contributed by atoms with Gasteiger partial charge in [0.1, 0.15) is 0 Å². The van der Waals surface area contributed by atoms with E-state index in [4.69, 9.17) is 4.74 Å². The van der Waals surface area contributed by atoms with Crippen LogP contribution in [0.15, 0.2) is 33.8 Å². The van der Waals surface area contributed by atoms with Crippen LogP contribution in [-0.2, 0) is 15.7 Å². The van der Waals surface area contributed by atoms with Crippen LogP contribution < -0.4 is 5.32 Å². The number of aliphatic hydroxyl groups is 1. The first-order valence-corrected chi connectivity index (χ1v) is 8.76. The van der Waals surface area contributed by atoms with Crippen molar-refractivity contribution in [2.75, 3.05) is 19.8 Å². The summed E-state index contributed by atoms with van der Waals surface area (Å²) in [5, 5.41) is 15.1. The van der Waals surface area contributed by atoms with Gasteiger partial charge >= 0.3 is 18.0 Å². The zero-order valence-electron chi connectivity index (χ0n) is 16.1. The molecule has 1 amide bonds. The number of nitrogens with zero attached hydrogens (tertiary/aromatic N) is 3. The Morgan fingerprint density at radius 2 is 1.97 bits per heavy atom. The third-order valence-corrected chi connectivity index (χ3v) is 3.69. The fourth-order valence-electron chi connectivity index (χ4n) is 2.25. The van der Waals surface area contributed by atoms with Crippen molar-refractivity contribution in [2.45, 2.75) is 26.1 Å². The minimum atomic E-state index is -4.74. The second kappa shape index (κ2) is 9.96. The maximum absolute atomic E-state index is 12.5. The highest BCUT2D eigenvalue weighted by molar-refractivity contribution is 5.98. The summed E-state index contributed by atoms with van der Waals surface area (Å²) in [5.41, 5.74) is 0.859. The molecule has 162 valence electrons. The monoisotopic (exact) mass is 428 g/mol. The summed E-state index contributed by atoms with van der Waals surface area (Å²) in [6, 6.07) is 4.45. The second-order valence-corrected chi connectivity index (χ2v) is 6.00. The number of ether oxygens (including phenoxy) is 1. The number of esters is 1. The van der Waals surface area contributed by atoms with Gasteiger partial charge in [0.2, 0.25) is 5.82 Å². The summed E-state index contributed by atoms with van der Waals surface area (Å²) in [6.45, 7) is 2.83. The van der Waals surface area contributed by atoms with E-state index in [2.05, 4.69) is 25.0 Å². The Morgan fingerprint density at radius 3 is 2.50 bits per heavy atom. The molecular weight excluding hydrogens is 409 g/mol. The average Bonchev–Trinajstić information content (AvgIpc) is 3.21. The second-order valence-electron chi connectivity index (χ2n) is 6.00. The molecular formula is C18H19F3N4O5. The Labute approximate surface area is 168 Å². The van der Waals surface area contributed by atoms with Gasteiger partial charge in [-0.15, -0.1) is 0 Å². The molecule has 1 atom stereocenters. The zero-order valence-corrected chi connectivity index (χ0v) is 16.1. The Morgan fingerprint density at radius 1 is 1.30 bits per heavy atom. The predicted molar refractivity (Wildman–Crippen MR) is 97.7 cm³/mol. The number of carbonyl (C=O) groups is 2. The molecule has 0 saturated carbocycles. The van der Waals surface area contributed by atoms with E-state index < -0.39 is 36.6 Å². The van der Waals surface area contributed by atoms with Crippen LogP contribution in [-0.4, -0.2) is 58.6 Å². The Hall–Kier alpha value is -3.28. The molecule has 1 unspecified atom stereocenters. The number of halogens is 3. The first-order valence-electron chi connectivity index (χ1n) is 8.76. The molecule has 1 heterocycles. The SMILES string of the molecule is CCOC(=O)C(CO)N=C(C)CNC(=O)c1ccc(-c2noc(C(F)(F)F)n2)cc1. The van der Waals surface area contributed by atoms with Crippen molar-refractivity contribution in [3.8, 4) is 11.4 Å². The van der Waals surface area contributed by atoms with Gasteiger partial charge in [-0.05, 0) is 26.0 Å². The van der Waals surface area contributed by atoms with Crippen molar-refractivity contribution in [1.29, 1.82) is 0 Å². The molecule has 0 aliphatic carbocycles. The van der Waals surface area contributed by atoms with Gasteiger partial charge in [-0.3, -0.25) is 9.79 Å². The van der Waals surface area contributed by atoms with Crippen LogP contribution in [0.1, 0.15) is 30.1 Å². The van der Waals surface area contributed by atoms with Crippen LogP contribution in [0.3, 0.4) is 0 Å². The number of nitrogens with one attached hydrogen (secondary N) is 1. The van der Waals surface area contributed by atoms with Gasteiger partial charge in [0.05, 0.1) is 19.8 Å². The van der Waals surface area contributed by atoms with E-state index in [1.165, 1.54) is 24.3 Å². The van der Waals surface area contributed by atoms with Crippen molar-refractivity contribution < 1.29 is 37.1 Å². The molecule has 2 N–H and O–H groups in total. The highest BCUT2D eigenvalue weighted by Gasteiger charge is 2.38. The van der Waals surface area contributed by atoms with Gasteiger partial charge in [0, 0.05) is 16.8 Å². The van der Waals surface area contributed by atoms with Gasteiger partial charge in [-0.2, -0.15) is 18.2 Å². The standard InChI is InChI=1S/C18H19F3N4O5/c1-3-29-16(28)13(9-26)23-10(2)8-22-15(27)12-6-4-11(5-7-12)14-24-17(30-25-14)18(19,20)21/h4-7,13,26H,3,8-9H2,1-2H3,(H,22,27). The lowest BCUT2D eigenvalue weighted by Crippen LogP contribution is -2.31. The number of hydrogen-bond acceptors (Lipinski definition) is 8. The lowest BCUT2D eigenvalue weighted by Gasteiger charge is -2.11. The van der Waals surface area contributed by atoms with Crippen molar-refractivity contribution in [3.05, 3.63) is 35.7 Å². The van der Waals surface area contributed by atoms with Gasteiger partial charge in [0.15, 0.2) is 6.04 Å². The van der Waals surface area contributed by atoms with Crippen LogP contribution in [0.5, 0.6) is 0 Å². The fourth-order valence-corrected chi connectivity index (χ4v) is 2.25. The lowest BCUT2D eigenvalue weighted by atomic mass is 10.1. The predicted octanol–water partition coefficient (Wildman–Crippen LogP) is 1.87. The van der Waals surface area contributed by atoms with E-state index in [0.29, 0.717) is 5.71 Å². The molecule has 0 aliphatic rings. The normalized spacial score (nSPS) is 13.1. The minimum Gasteiger partial charge on any atom is -0.464 e. The van der Waals surface area contributed by atoms with Crippen LogP contribution >= 0.6 is 0 Å². The molecule has 0 radical (unpaired) electrons. The Kier molecular flexibility index (Phi) is 7.64. The third-order valence-electron chi connectivity index (χ3n) is 3.69. The van der Waals surface area contributed by atoms with Crippen molar-refractivity contribution in [1.82, 2.24) is 15.5 Å². The molecule has 0 fully saturated rings. The number of aliphatic hydroxyl groups excluding tert-OH is 1. The molecule has 1 aromatic heterocycles. The van der Waals surface area contributed by atoms with Crippen molar-refractivity contribution >= 4 is 17.6 Å². The number of benzene rings is 1. The number of rotatable bonds is 8. The third kappa shape index (κ3) is 6.11. The largest absolute Gasteiger partial charge is 0.471 e. The molecule has 2 aromatic rings. The minimum absolute atomic E-state index is 0.0102. The summed E-state index contributed by atoms with van der Waals surface area (Å²) < 4.78 is 46.5. The fraction of sp³-hybridized carbons (Fsp3) is 0.389. The summed E-state index contributed by atoms with van der Waals surface area (Å²) in [6.07, 6.45) is -4.74. The molecule has 2 rings (SSSR count). The Bertz CT molecular complexity index is 909.